The molecule has 0 bridgehead atoms. The third kappa shape index (κ3) is 9.59. The molecule has 2 amide bonds. The van der Waals surface area contributed by atoms with Gasteiger partial charge in [-0.1, -0.05) is 53.0 Å². The van der Waals surface area contributed by atoms with Crippen LogP contribution in [0.25, 0.3) is 6.08 Å². The number of hydrogen-bond acceptors (Lipinski definition) is 4. The fourth-order valence-corrected chi connectivity index (χ4v) is 4.47. The SMILES string of the molecule is C[C@H](NC(=O)CS(C)(=O)=O)NC(=O)c1ccc(/C=C/C(c2cc(Cl)c(Cl)c(Cl)c2)C(F)(F)F)cc1C(F)(F)F. The van der Waals surface area contributed by atoms with Gasteiger partial charge in [0.25, 0.3) is 5.91 Å². The van der Waals surface area contributed by atoms with Gasteiger partial charge in [-0.3, -0.25) is 9.59 Å². The Hall–Kier alpha value is -2.48. The number of rotatable bonds is 8. The number of benzene rings is 2. The molecule has 2 aromatic rings. The van der Waals surface area contributed by atoms with E-state index in [1.807, 2.05) is 0 Å². The number of sulfone groups is 1. The van der Waals surface area contributed by atoms with E-state index in [1.165, 1.54) is 6.92 Å². The molecule has 0 fully saturated rings. The van der Waals surface area contributed by atoms with Gasteiger partial charge in [-0.2, -0.15) is 26.3 Å². The first-order chi connectivity index (χ1) is 17.7. The molecule has 6 nitrogen and oxygen atoms in total. The van der Waals surface area contributed by atoms with Gasteiger partial charge >= 0.3 is 12.4 Å². The molecule has 0 heterocycles. The van der Waals surface area contributed by atoms with Crippen molar-refractivity contribution >= 4 is 62.5 Å². The van der Waals surface area contributed by atoms with E-state index in [0.717, 1.165) is 36.6 Å². The second-order valence-electron chi connectivity index (χ2n) is 8.31. The lowest BCUT2D eigenvalue weighted by atomic mass is 9.96. The van der Waals surface area contributed by atoms with E-state index < -0.39 is 68.5 Å². The summed E-state index contributed by atoms with van der Waals surface area (Å²) in [7, 11) is -3.69. The van der Waals surface area contributed by atoms with E-state index in [-0.39, 0.29) is 20.6 Å². The molecule has 0 radical (unpaired) electrons. The topological polar surface area (TPSA) is 92.3 Å². The van der Waals surface area contributed by atoms with Crippen LogP contribution in [-0.2, 0) is 20.8 Å². The number of amides is 2. The van der Waals surface area contributed by atoms with Crippen molar-refractivity contribution in [3.63, 3.8) is 0 Å². The molecule has 39 heavy (non-hydrogen) atoms. The molecule has 0 spiro atoms. The lowest BCUT2D eigenvalue weighted by Crippen LogP contribution is -2.47. The molecule has 0 saturated carbocycles. The average molecular weight is 640 g/mol. The molecule has 0 aliphatic rings. The monoisotopic (exact) mass is 638 g/mol. The van der Waals surface area contributed by atoms with Crippen molar-refractivity contribution in [2.75, 3.05) is 12.0 Å². The van der Waals surface area contributed by atoms with E-state index in [0.29, 0.717) is 12.1 Å². The standard InChI is InChI=1S/C23H19Cl3F6N2O4S/c1-11(33-19(35)10-39(2,37)38)34-21(36)14-5-3-12(7-16(14)23(30,31)32)4-6-15(22(27,28)29)13-8-17(24)20(26)18(25)9-13/h3-9,11,15H,10H2,1-2H3,(H,33,35)(H,34,36)/b6-4+/t11-,15?/m1/s1. The fourth-order valence-electron chi connectivity index (χ4n) is 3.30. The van der Waals surface area contributed by atoms with Gasteiger partial charge < -0.3 is 10.6 Å². The van der Waals surface area contributed by atoms with Gasteiger partial charge in [0, 0.05) is 6.26 Å². The first-order valence-electron chi connectivity index (χ1n) is 10.6. The molecule has 2 rings (SSSR count). The van der Waals surface area contributed by atoms with Crippen LogP contribution in [0.3, 0.4) is 0 Å². The molecule has 2 atom stereocenters. The summed E-state index contributed by atoms with van der Waals surface area (Å²) in [6, 6.07) is 4.09. The van der Waals surface area contributed by atoms with Gasteiger partial charge in [0.05, 0.1) is 38.3 Å². The number of halogens is 9. The Morgan fingerprint density at radius 1 is 0.974 bits per heavy atom. The Labute approximate surface area is 234 Å². The molecule has 2 aromatic carbocycles. The van der Waals surface area contributed by atoms with Gasteiger partial charge in [0.1, 0.15) is 5.75 Å². The maximum absolute atomic E-state index is 13.7. The van der Waals surface area contributed by atoms with Crippen LogP contribution in [0.1, 0.15) is 39.9 Å². The number of allylic oxidation sites excluding steroid dienone is 1. The number of carbonyl (C=O) groups excluding carboxylic acids is 2. The highest BCUT2D eigenvalue weighted by Crippen LogP contribution is 2.41. The van der Waals surface area contributed by atoms with E-state index in [2.05, 4.69) is 10.6 Å². The summed E-state index contributed by atoms with van der Waals surface area (Å²) < 4.78 is 105. The third-order valence-electron chi connectivity index (χ3n) is 4.91. The Morgan fingerprint density at radius 2 is 1.54 bits per heavy atom. The summed E-state index contributed by atoms with van der Waals surface area (Å²) in [5.41, 5.74) is -3.06. The van der Waals surface area contributed by atoms with Crippen molar-refractivity contribution in [2.45, 2.75) is 31.4 Å². The first-order valence-corrected chi connectivity index (χ1v) is 13.8. The Balaban J connectivity index is 2.37. The minimum Gasteiger partial charge on any atom is -0.335 e. The number of carbonyl (C=O) groups is 2. The molecular weight excluding hydrogens is 621 g/mol. The van der Waals surface area contributed by atoms with Crippen LogP contribution < -0.4 is 10.6 Å². The number of nitrogens with one attached hydrogen (secondary N) is 2. The zero-order valence-electron chi connectivity index (χ0n) is 19.8. The van der Waals surface area contributed by atoms with E-state index in [9.17, 15) is 44.3 Å². The van der Waals surface area contributed by atoms with Crippen molar-refractivity contribution in [1.82, 2.24) is 10.6 Å². The highest BCUT2D eigenvalue weighted by Gasteiger charge is 2.40. The smallest absolute Gasteiger partial charge is 0.335 e. The maximum Gasteiger partial charge on any atom is 0.417 e. The highest BCUT2D eigenvalue weighted by atomic mass is 35.5. The summed E-state index contributed by atoms with van der Waals surface area (Å²) in [4.78, 5) is 24.2. The van der Waals surface area contributed by atoms with E-state index in [1.54, 1.807) is 0 Å². The van der Waals surface area contributed by atoms with Crippen molar-refractivity contribution in [3.05, 3.63) is 73.7 Å². The molecule has 0 saturated heterocycles. The first kappa shape index (κ1) is 32.7. The minimum absolute atomic E-state index is 0.167. The Bertz CT molecular complexity index is 1370. The predicted molar refractivity (Wildman–Crippen MR) is 136 cm³/mol. The van der Waals surface area contributed by atoms with Crippen molar-refractivity contribution in [1.29, 1.82) is 0 Å². The second kappa shape index (κ2) is 12.4. The van der Waals surface area contributed by atoms with Gasteiger partial charge in [0.15, 0.2) is 9.84 Å². The Kier molecular flexibility index (Phi) is 10.4. The largest absolute Gasteiger partial charge is 0.417 e. The number of hydrogen-bond donors (Lipinski definition) is 2. The normalized spacial score (nSPS) is 14.2. The molecule has 0 aliphatic carbocycles. The quantitative estimate of drug-likeness (QED) is 0.203. The molecule has 0 aliphatic heterocycles. The number of alkyl halides is 6. The minimum atomic E-state index is -5.08. The lowest BCUT2D eigenvalue weighted by molar-refractivity contribution is -0.139. The van der Waals surface area contributed by atoms with Crippen LogP contribution in [-0.4, -0.2) is 44.6 Å². The fraction of sp³-hybridized carbons (Fsp3) is 0.304. The van der Waals surface area contributed by atoms with E-state index >= 15 is 0 Å². The van der Waals surface area contributed by atoms with Gasteiger partial charge in [0.2, 0.25) is 5.91 Å². The average Bonchev–Trinajstić information content (AvgIpc) is 2.74. The summed E-state index contributed by atoms with van der Waals surface area (Å²) in [5.74, 6) is -5.48. The van der Waals surface area contributed by atoms with E-state index in [4.69, 9.17) is 34.8 Å². The second-order valence-corrected chi connectivity index (χ2v) is 11.6. The van der Waals surface area contributed by atoms with Crippen molar-refractivity contribution in [3.8, 4) is 0 Å². The molecular formula is C23H19Cl3F6N2O4S. The van der Waals surface area contributed by atoms with Gasteiger partial charge in [-0.25, -0.2) is 8.42 Å². The van der Waals surface area contributed by atoms with Crippen LogP contribution in [0.4, 0.5) is 26.3 Å². The summed E-state index contributed by atoms with van der Waals surface area (Å²) in [5, 5.41) is 3.52. The predicted octanol–water partition coefficient (Wildman–Crippen LogP) is 6.26. The van der Waals surface area contributed by atoms with Crippen LogP contribution >= 0.6 is 34.8 Å². The van der Waals surface area contributed by atoms with Crippen molar-refractivity contribution < 1.29 is 44.3 Å². The maximum atomic E-state index is 13.7. The zero-order chi connectivity index (χ0) is 29.9. The van der Waals surface area contributed by atoms with Crippen molar-refractivity contribution in [2.24, 2.45) is 0 Å². The van der Waals surface area contributed by atoms with Crippen LogP contribution in [0.15, 0.2) is 36.4 Å². The molecule has 2 N–H and O–H groups in total. The highest BCUT2D eigenvalue weighted by molar-refractivity contribution is 7.91. The molecule has 1 unspecified atom stereocenters. The zero-order valence-corrected chi connectivity index (χ0v) is 22.9. The van der Waals surface area contributed by atoms with Gasteiger partial charge in [-0.15, -0.1) is 0 Å². The lowest BCUT2D eigenvalue weighted by Gasteiger charge is -2.19. The molecule has 214 valence electrons. The summed E-state index contributed by atoms with van der Waals surface area (Å²) >= 11 is 17.4. The molecule has 0 aromatic heterocycles. The van der Waals surface area contributed by atoms with Gasteiger partial charge in [-0.05, 0) is 42.3 Å². The Morgan fingerprint density at radius 3 is 2.03 bits per heavy atom. The van der Waals surface area contributed by atoms with Crippen LogP contribution in [0.5, 0.6) is 0 Å². The molecule has 16 heteroatoms. The van der Waals surface area contributed by atoms with Crippen LogP contribution in [0.2, 0.25) is 15.1 Å². The third-order valence-corrected chi connectivity index (χ3v) is 6.89. The van der Waals surface area contributed by atoms with Crippen LogP contribution in [0, 0.1) is 0 Å². The summed E-state index contributed by atoms with van der Waals surface area (Å²) in [6.45, 7) is 1.19. The summed E-state index contributed by atoms with van der Waals surface area (Å²) in [6.07, 6.45) is -9.03.